The number of hydrogen-bond donors (Lipinski definition) is 1. The molecule has 5 nitrogen and oxygen atoms in total. The lowest BCUT2D eigenvalue weighted by Gasteiger charge is -2.72. The third-order valence-electron chi connectivity index (χ3n) is 15.2. The van der Waals surface area contributed by atoms with Crippen molar-refractivity contribution >= 4 is 11.5 Å². The summed E-state index contributed by atoms with van der Waals surface area (Å²) in [7, 11) is 2.10. The summed E-state index contributed by atoms with van der Waals surface area (Å²) in [6, 6.07) is 7.61. The van der Waals surface area contributed by atoms with Gasteiger partial charge < -0.3 is 5.11 Å². The lowest BCUT2D eigenvalue weighted by molar-refractivity contribution is -0.219. The molecule has 5 aliphatic rings. The predicted molar refractivity (Wildman–Crippen MR) is 176 cm³/mol. The molecule has 0 spiro atoms. The molecule has 5 aliphatic carbocycles. The van der Waals surface area contributed by atoms with Crippen LogP contribution in [0.1, 0.15) is 121 Å². The molecule has 1 aromatic carbocycles. The van der Waals surface area contributed by atoms with Crippen LogP contribution in [0, 0.1) is 51.2 Å². The number of fused-ring (bicyclic) bond motifs is 7. The molecule has 4 fully saturated rings. The Morgan fingerprint density at radius 1 is 0.932 bits per heavy atom. The second-order valence-electron chi connectivity index (χ2n) is 17.0. The van der Waals surface area contributed by atoms with Crippen LogP contribution in [0.5, 0.6) is 0 Å². The number of carboxylic acid groups (broad SMARTS) is 1. The Morgan fingerprint density at radius 2 is 1.66 bits per heavy atom. The number of rotatable bonds is 4. The first kappa shape index (κ1) is 30.0. The van der Waals surface area contributed by atoms with Gasteiger partial charge in [0, 0.05) is 12.5 Å². The minimum absolute atomic E-state index is 0.0280. The summed E-state index contributed by atoms with van der Waals surface area (Å²) in [4.78, 5) is 16.5. The van der Waals surface area contributed by atoms with Gasteiger partial charge in [-0.05, 0) is 139 Å². The third-order valence-corrected chi connectivity index (χ3v) is 15.2. The normalized spacial score (nSPS) is 42.3. The average Bonchev–Trinajstić information content (AvgIpc) is 3.57. The quantitative estimate of drug-likeness (QED) is 0.358. The summed E-state index contributed by atoms with van der Waals surface area (Å²) < 4.78 is 2.08. The number of aromatic carboxylic acids is 1. The van der Waals surface area contributed by atoms with Crippen molar-refractivity contribution in [2.75, 3.05) is 0 Å². The lowest BCUT2D eigenvalue weighted by Crippen LogP contribution is -2.65. The van der Waals surface area contributed by atoms with Crippen molar-refractivity contribution in [3.63, 3.8) is 0 Å². The Bertz CT molecular complexity index is 1530. The summed E-state index contributed by atoms with van der Waals surface area (Å²) in [6.45, 7) is 19.9. The summed E-state index contributed by atoms with van der Waals surface area (Å²) in [5, 5.41) is 14.0. The minimum Gasteiger partial charge on any atom is -0.478 e. The van der Waals surface area contributed by atoms with Crippen LogP contribution >= 0.6 is 0 Å². The van der Waals surface area contributed by atoms with Crippen molar-refractivity contribution in [1.82, 2.24) is 14.8 Å². The Labute approximate surface area is 264 Å². The van der Waals surface area contributed by atoms with Gasteiger partial charge in [0.15, 0.2) is 0 Å². The highest BCUT2D eigenvalue weighted by atomic mass is 16.4. The van der Waals surface area contributed by atoms with Crippen molar-refractivity contribution < 1.29 is 9.90 Å². The maximum absolute atomic E-state index is 11.5. The SMILES string of the molecule is C=C(C)[C@@H]1CC[C@]2(c3ncnn3C)CC[C@]3(C)[C@H](CC[C@@H]4[C@@]5(C)CC=C(c6ccc(C(=O)O)cc6)C(C)(C)[C@@H]5CC[C@]43C)[C@@H]12. The van der Waals surface area contributed by atoms with E-state index in [4.69, 9.17) is 4.98 Å². The van der Waals surface area contributed by atoms with Crippen molar-refractivity contribution in [3.05, 3.63) is 65.8 Å². The lowest BCUT2D eigenvalue weighted by atomic mass is 9.32. The summed E-state index contributed by atoms with van der Waals surface area (Å²) in [6.07, 6.45) is 15.5. The summed E-state index contributed by atoms with van der Waals surface area (Å²) in [5.74, 6) is 3.48. The predicted octanol–water partition coefficient (Wildman–Crippen LogP) is 9.12. The monoisotopic (exact) mass is 595 g/mol. The van der Waals surface area contributed by atoms with Gasteiger partial charge >= 0.3 is 5.97 Å². The fourth-order valence-corrected chi connectivity index (χ4v) is 13.2. The molecule has 9 atom stereocenters. The van der Waals surface area contributed by atoms with E-state index in [1.807, 2.05) is 12.1 Å². The molecule has 0 bridgehead atoms. The van der Waals surface area contributed by atoms with E-state index >= 15 is 0 Å². The smallest absolute Gasteiger partial charge is 0.335 e. The molecule has 0 radical (unpaired) electrons. The van der Waals surface area contributed by atoms with Gasteiger partial charge in [-0.3, -0.25) is 4.68 Å². The van der Waals surface area contributed by atoms with Crippen LogP contribution in [0.15, 0.2) is 48.8 Å². The van der Waals surface area contributed by atoms with Crippen molar-refractivity contribution in [1.29, 1.82) is 0 Å². The standard InChI is InChI=1S/C39H53N3O2/c1-24(2)27-15-20-39(34-40-23-41-42(34)8)22-21-37(6)29(32(27)39)13-14-31-36(5)18-16-28(25-9-11-26(12-10-25)33(43)44)35(3,4)30(36)17-19-38(31,37)7/h9-12,16,23,27,29-32H,1,13-15,17-22H2,2-8H3,(H,43,44)/t27-,29+,30-,31+,32+,36-,37+,38+,39-/m0/s1. The number of aryl methyl sites for hydroxylation is 1. The Hall–Kier alpha value is -2.69. The van der Waals surface area contributed by atoms with E-state index in [0.29, 0.717) is 40.6 Å². The van der Waals surface area contributed by atoms with Gasteiger partial charge in [-0.25, -0.2) is 9.78 Å². The molecule has 0 saturated heterocycles. The fraction of sp³-hybridized carbons (Fsp3) is 0.667. The topological polar surface area (TPSA) is 68.0 Å². The second-order valence-corrected chi connectivity index (χ2v) is 17.0. The average molecular weight is 596 g/mol. The Balaban J connectivity index is 1.26. The third kappa shape index (κ3) is 3.73. The first-order valence-corrected chi connectivity index (χ1v) is 17.2. The van der Waals surface area contributed by atoms with Crippen LogP contribution in [0.25, 0.3) is 5.57 Å². The van der Waals surface area contributed by atoms with Crippen LogP contribution < -0.4 is 0 Å². The number of nitrogens with zero attached hydrogens (tertiary/aromatic N) is 3. The van der Waals surface area contributed by atoms with Crippen LogP contribution in [0.3, 0.4) is 0 Å². The maximum Gasteiger partial charge on any atom is 0.335 e. The number of carbonyl (C=O) groups is 1. The van der Waals surface area contributed by atoms with Gasteiger partial charge in [0.25, 0.3) is 0 Å². The van der Waals surface area contributed by atoms with Crippen LogP contribution in [-0.4, -0.2) is 25.8 Å². The van der Waals surface area contributed by atoms with E-state index in [1.165, 1.54) is 73.9 Å². The fourth-order valence-electron chi connectivity index (χ4n) is 13.2. The molecule has 0 unspecified atom stereocenters. The van der Waals surface area contributed by atoms with Gasteiger partial charge in [0.1, 0.15) is 12.2 Å². The van der Waals surface area contributed by atoms with E-state index in [0.717, 1.165) is 6.42 Å². The number of hydrogen-bond acceptors (Lipinski definition) is 3. The molecule has 4 saturated carbocycles. The molecule has 7 rings (SSSR count). The number of allylic oxidation sites excluding steroid dienone is 3. The molecule has 1 N–H and O–H groups in total. The number of carboxylic acids is 1. The molecule has 1 heterocycles. The molecule has 236 valence electrons. The van der Waals surface area contributed by atoms with Crippen LogP contribution in [0.2, 0.25) is 0 Å². The molecule has 44 heavy (non-hydrogen) atoms. The maximum atomic E-state index is 11.5. The van der Waals surface area contributed by atoms with Crippen molar-refractivity contribution in [2.45, 2.75) is 105 Å². The van der Waals surface area contributed by atoms with Gasteiger partial charge in [-0.2, -0.15) is 5.10 Å². The Kier molecular flexibility index (Phi) is 6.58. The number of aromatic nitrogens is 3. The van der Waals surface area contributed by atoms with E-state index in [2.05, 4.69) is 71.0 Å². The van der Waals surface area contributed by atoms with Gasteiger partial charge in [-0.15, -0.1) is 0 Å². The zero-order chi connectivity index (χ0) is 31.4. The molecule has 0 aliphatic heterocycles. The first-order chi connectivity index (χ1) is 20.7. The molecular weight excluding hydrogens is 542 g/mol. The van der Waals surface area contributed by atoms with E-state index in [9.17, 15) is 9.90 Å². The highest BCUT2D eigenvalue weighted by Gasteiger charge is 2.71. The van der Waals surface area contributed by atoms with E-state index in [-0.39, 0.29) is 21.7 Å². The Morgan fingerprint density at radius 3 is 2.30 bits per heavy atom. The highest BCUT2D eigenvalue weighted by molar-refractivity contribution is 5.88. The highest BCUT2D eigenvalue weighted by Crippen LogP contribution is 2.77. The zero-order valence-electron chi connectivity index (χ0n) is 28.1. The molecule has 2 aromatic rings. The molecule has 1 aromatic heterocycles. The first-order valence-electron chi connectivity index (χ1n) is 17.2. The van der Waals surface area contributed by atoms with Gasteiger partial charge in [-0.1, -0.05) is 65.0 Å². The minimum atomic E-state index is -0.861. The molecular formula is C39H53N3O2. The summed E-state index contributed by atoms with van der Waals surface area (Å²) >= 11 is 0. The zero-order valence-corrected chi connectivity index (χ0v) is 28.1. The van der Waals surface area contributed by atoms with Crippen molar-refractivity contribution in [2.24, 2.45) is 58.3 Å². The number of benzene rings is 1. The van der Waals surface area contributed by atoms with Crippen molar-refractivity contribution in [3.8, 4) is 0 Å². The van der Waals surface area contributed by atoms with Crippen LogP contribution in [0.4, 0.5) is 0 Å². The second kappa shape index (κ2) is 9.66. The molecule has 5 heteroatoms. The van der Waals surface area contributed by atoms with Gasteiger partial charge in [0.2, 0.25) is 0 Å². The van der Waals surface area contributed by atoms with Gasteiger partial charge in [0.05, 0.1) is 5.56 Å². The largest absolute Gasteiger partial charge is 0.478 e. The van der Waals surface area contributed by atoms with Crippen LogP contribution in [-0.2, 0) is 12.5 Å². The van der Waals surface area contributed by atoms with E-state index < -0.39 is 5.97 Å². The van der Waals surface area contributed by atoms with E-state index in [1.54, 1.807) is 18.5 Å². The molecule has 0 amide bonds. The summed E-state index contributed by atoms with van der Waals surface area (Å²) in [5.41, 5.74) is 5.29.